The van der Waals surface area contributed by atoms with Crippen molar-refractivity contribution in [2.45, 2.75) is 67.9 Å². The number of hydrogen-bond acceptors (Lipinski definition) is 6. The summed E-state index contributed by atoms with van der Waals surface area (Å²) in [7, 11) is 0. The molecule has 0 heterocycles. The van der Waals surface area contributed by atoms with Crippen LogP contribution in [0.1, 0.15) is 54.9 Å². The van der Waals surface area contributed by atoms with Crippen molar-refractivity contribution in [1.82, 2.24) is 0 Å². The molecule has 0 amide bonds. The second-order valence-corrected chi connectivity index (χ2v) is 13.6. The molecule has 0 saturated heterocycles. The summed E-state index contributed by atoms with van der Waals surface area (Å²) < 4.78 is -2.31. The van der Waals surface area contributed by atoms with E-state index in [-0.39, 0.29) is 19.8 Å². The summed E-state index contributed by atoms with van der Waals surface area (Å²) in [5, 5.41) is 50.6. The molecule has 0 aromatic heterocycles. The fraction of sp³-hybridized carbons (Fsp3) is 0.833. The maximum atomic E-state index is 9.97. The molecule has 0 aliphatic carbocycles. The number of hydrogen-bond donors (Lipinski definition) is 6. The first-order valence-corrected chi connectivity index (χ1v) is 11.0. The predicted molar refractivity (Wildman–Crippen MR) is 126 cm³/mol. The third-order valence-corrected chi connectivity index (χ3v) is 4.30. The number of halogens is 3. The molecule has 30 heavy (non-hydrogen) atoms. The largest absolute Gasteiger partial charge is 0.480 e. The Bertz CT molecular complexity index is 426. The Morgan fingerprint density at radius 2 is 0.733 bits per heavy atom. The van der Waals surface area contributed by atoms with E-state index in [0.717, 1.165) is 0 Å². The van der Waals surface area contributed by atoms with Crippen LogP contribution in [0.15, 0.2) is 0 Å². The first-order valence-electron chi connectivity index (χ1n) is 8.67. The molecule has 0 aromatic rings. The summed E-state index contributed by atoms with van der Waals surface area (Å²) in [6.07, 6.45) is 0.594. The molecule has 0 radical (unpaired) electrons. The van der Waals surface area contributed by atoms with Gasteiger partial charge in [0.25, 0.3) is 0 Å². The smallest absolute Gasteiger partial charge is 0.319 e. The summed E-state index contributed by atoms with van der Waals surface area (Å²) in [5.41, 5.74) is -0.667. The van der Waals surface area contributed by atoms with Gasteiger partial charge in [0.15, 0.2) is 0 Å². The Morgan fingerprint density at radius 3 is 0.733 bits per heavy atom. The summed E-state index contributed by atoms with van der Waals surface area (Å²) in [6.45, 7) is 10.8. The number of aliphatic hydroxyl groups excluding tert-OH is 3. The number of carboxylic acid groups (broad SMARTS) is 3. The Hall–Kier alpha value is -0.270. The van der Waals surface area contributed by atoms with Crippen molar-refractivity contribution >= 4 is 65.7 Å². The lowest BCUT2D eigenvalue weighted by molar-refractivity contribution is -0.139. The normalized spacial score (nSPS) is 11.5. The number of carboxylic acids is 3. The quantitative estimate of drug-likeness (QED) is 0.230. The maximum Gasteiger partial charge on any atom is 0.319 e. The zero-order chi connectivity index (χ0) is 25.6. The standard InChI is InChI=1S/C6H14O3.3C4H7BrO2/c1-2-6(3-7,4-8)5-9;3*1-4(2,5)3(6)7/h7-9H,2-5H2,1H3;3*1-2H3,(H,6,7). The minimum absolute atomic E-state index is 0.156. The van der Waals surface area contributed by atoms with Crippen LogP contribution in [0, 0.1) is 5.41 Å². The van der Waals surface area contributed by atoms with Crippen LogP contribution >= 0.6 is 47.8 Å². The average molecular weight is 635 g/mol. The highest BCUT2D eigenvalue weighted by Crippen LogP contribution is 2.18. The Kier molecular flexibility index (Phi) is 20.2. The van der Waals surface area contributed by atoms with Crippen molar-refractivity contribution in [3.63, 3.8) is 0 Å². The van der Waals surface area contributed by atoms with Gasteiger partial charge in [-0.1, -0.05) is 54.7 Å². The molecule has 0 fully saturated rings. The van der Waals surface area contributed by atoms with E-state index in [1.807, 2.05) is 6.92 Å². The molecule has 0 atom stereocenters. The third-order valence-electron chi connectivity index (χ3n) is 3.28. The van der Waals surface area contributed by atoms with Crippen molar-refractivity contribution < 1.29 is 45.0 Å². The molecule has 0 aliphatic rings. The lowest BCUT2D eigenvalue weighted by Gasteiger charge is -2.24. The molecule has 0 unspecified atom stereocenters. The van der Waals surface area contributed by atoms with Gasteiger partial charge in [0.05, 0.1) is 19.8 Å². The molecular weight excluding hydrogens is 600 g/mol. The second kappa shape index (κ2) is 16.4. The lowest BCUT2D eigenvalue weighted by atomic mass is 9.88. The molecule has 0 aliphatic heterocycles. The number of aliphatic hydroxyl groups is 3. The topological polar surface area (TPSA) is 173 Å². The Balaban J connectivity index is -0.000000151. The minimum Gasteiger partial charge on any atom is -0.480 e. The van der Waals surface area contributed by atoms with Crippen LogP contribution in [0.3, 0.4) is 0 Å². The summed E-state index contributed by atoms with van der Waals surface area (Å²) in [5.74, 6) is -2.52. The number of aliphatic carboxylic acids is 3. The number of alkyl halides is 3. The Morgan fingerprint density at radius 1 is 0.600 bits per heavy atom. The van der Waals surface area contributed by atoms with Crippen LogP contribution in [-0.4, -0.2) is 81.3 Å². The predicted octanol–water partition coefficient (Wildman–Crippen LogP) is 3.09. The first kappa shape index (κ1) is 37.1. The van der Waals surface area contributed by atoms with Gasteiger partial charge in [0.1, 0.15) is 13.0 Å². The van der Waals surface area contributed by atoms with Gasteiger partial charge >= 0.3 is 17.9 Å². The molecule has 182 valence electrons. The fourth-order valence-corrected chi connectivity index (χ4v) is 0.485. The lowest BCUT2D eigenvalue weighted by Crippen LogP contribution is -2.32. The molecule has 0 aromatic carbocycles. The van der Waals surface area contributed by atoms with Crippen LogP contribution in [-0.2, 0) is 14.4 Å². The van der Waals surface area contributed by atoms with Crippen LogP contribution in [0.2, 0.25) is 0 Å². The van der Waals surface area contributed by atoms with Gasteiger partial charge in [0.2, 0.25) is 0 Å². The fourth-order valence-electron chi connectivity index (χ4n) is 0.485. The number of carbonyl (C=O) groups is 3. The highest BCUT2D eigenvalue weighted by molar-refractivity contribution is 9.10. The van der Waals surface area contributed by atoms with E-state index in [4.69, 9.17) is 30.6 Å². The van der Waals surface area contributed by atoms with Gasteiger partial charge in [-0.05, 0) is 48.0 Å². The summed E-state index contributed by atoms with van der Waals surface area (Å²) in [6, 6.07) is 0. The first-order chi connectivity index (χ1) is 13.1. The summed E-state index contributed by atoms with van der Waals surface area (Å²) >= 11 is 8.83. The SMILES string of the molecule is CC(C)(Br)C(=O)O.CC(C)(Br)C(=O)O.CC(C)(Br)C(=O)O.CCC(CO)(CO)CO. The molecular formula is C18H35Br3O9. The molecule has 6 N–H and O–H groups in total. The second-order valence-electron chi connectivity index (χ2n) is 7.66. The number of rotatable bonds is 7. The van der Waals surface area contributed by atoms with Crippen molar-refractivity contribution in [1.29, 1.82) is 0 Å². The van der Waals surface area contributed by atoms with E-state index in [9.17, 15) is 14.4 Å². The third kappa shape index (κ3) is 22.4. The van der Waals surface area contributed by atoms with E-state index >= 15 is 0 Å². The van der Waals surface area contributed by atoms with Gasteiger partial charge in [-0.3, -0.25) is 14.4 Å². The van der Waals surface area contributed by atoms with Crippen molar-refractivity contribution in [3.8, 4) is 0 Å². The average Bonchev–Trinajstić information content (AvgIpc) is 2.56. The van der Waals surface area contributed by atoms with Crippen LogP contribution < -0.4 is 0 Å². The van der Waals surface area contributed by atoms with E-state index in [0.29, 0.717) is 6.42 Å². The highest BCUT2D eigenvalue weighted by Gasteiger charge is 2.25. The molecule has 12 heteroatoms. The Labute approximate surface area is 203 Å². The van der Waals surface area contributed by atoms with E-state index in [1.165, 1.54) is 0 Å². The van der Waals surface area contributed by atoms with Gasteiger partial charge in [-0.25, -0.2) is 0 Å². The van der Waals surface area contributed by atoms with Gasteiger partial charge in [0, 0.05) is 5.41 Å². The molecule has 0 saturated carbocycles. The van der Waals surface area contributed by atoms with Gasteiger partial charge in [-0.15, -0.1) is 0 Å². The van der Waals surface area contributed by atoms with Crippen LogP contribution in [0.4, 0.5) is 0 Å². The monoisotopic (exact) mass is 632 g/mol. The highest BCUT2D eigenvalue weighted by atomic mass is 79.9. The van der Waals surface area contributed by atoms with E-state index in [1.54, 1.807) is 41.5 Å². The van der Waals surface area contributed by atoms with Crippen LogP contribution in [0.5, 0.6) is 0 Å². The maximum absolute atomic E-state index is 9.97. The molecule has 0 rings (SSSR count). The molecule has 0 bridgehead atoms. The van der Waals surface area contributed by atoms with Crippen molar-refractivity contribution in [2.75, 3.05) is 19.8 Å². The zero-order valence-electron chi connectivity index (χ0n) is 18.4. The van der Waals surface area contributed by atoms with Gasteiger partial charge < -0.3 is 30.6 Å². The summed E-state index contributed by atoms with van der Waals surface area (Å²) in [4.78, 5) is 29.9. The molecule has 9 nitrogen and oxygen atoms in total. The van der Waals surface area contributed by atoms with E-state index in [2.05, 4.69) is 47.8 Å². The zero-order valence-corrected chi connectivity index (χ0v) is 23.1. The van der Waals surface area contributed by atoms with Crippen molar-refractivity contribution in [3.05, 3.63) is 0 Å². The van der Waals surface area contributed by atoms with Gasteiger partial charge in [-0.2, -0.15) is 0 Å². The molecule has 0 spiro atoms. The van der Waals surface area contributed by atoms with E-state index < -0.39 is 36.3 Å². The van der Waals surface area contributed by atoms with Crippen LogP contribution in [0.25, 0.3) is 0 Å². The minimum atomic E-state index is -0.840. The van der Waals surface area contributed by atoms with Crippen molar-refractivity contribution in [2.24, 2.45) is 5.41 Å².